The number of carbonyl (C=O) groups excluding carboxylic acids is 1. The molecule has 0 radical (unpaired) electrons. The summed E-state index contributed by atoms with van der Waals surface area (Å²) in [5, 5.41) is 26.5. The summed E-state index contributed by atoms with van der Waals surface area (Å²) in [4.78, 5) is 24.8. The van der Waals surface area contributed by atoms with Gasteiger partial charge in [0.05, 0.1) is 19.3 Å². The number of halogens is 2. The number of hydrogen-bond acceptors (Lipinski definition) is 7. The average molecular weight is 701 g/mol. The summed E-state index contributed by atoms with van der Waals surface area (Å²) in [6.45, 7) is 14.7. The van der Waals surface area contributed by atoms with Crippen LogP contribution in [0.4, 0.5) is 4.39 Å². The number of nitrogens with one attached hydrogen (secondary N) is 1. The van der Waals surface area contributed by atoms with Crippen LogP contribution in [0.5, 0.6) is 0 Å². The number of hydroxylamine groups is 2. The highest BCUT2D eigenvalue weighted by Gasteiger charge is 2.57. The molecule has 2 bridgehead atoms. The maximum Gasteiger partial charge on any atom is 0.240 e. The van der Waals surface area contributed by atoms with E-state index in [1.165, 1.54) is 12.5 Å². The third-order valence-corrected chi connectivity index (χ3v) is 12.3. The second-order valence-corrected chi connectivity index (χ2v) is 16.6. The van der Waals surface area contributed by atoms with Crippen LogP contribution in [-0.4, -0.2) is 88.6 Å². The Morgan fingerprint density at radius 1 is 1.12 bits per heavy atom. The highest BCUT2D eigenvalue weighted by Crippen LogP contribution is 2.61. The van der Waals surface area contributed by atoms with Crippen LogP contribution in [0.1, 0.15) is 71.1 Å². The van der Waals surface area contributed by atoms with Gasteiger partial charge in [-0.3, -0.25) is 14.5 Å². The number of rotatable bonds is 14. The summed E-state index contributed by atoms with van der Waals surface area (Å²) in [7, 11) is 4.09. The molecule has 3 N–H and O–H groups in total. The number of carbonyl (C=O) groups is 1. The van der Waals surface area contributed by atoms with Crippen molar-refractivity contribution in [2.75, 3.05) is 27.2 Å². The van der Waals surface area contributed by atoms with Gasteiger partial charge in [-0.2, -0.15) is 5.06 Å². The van der Waals surface area contributed by atoms with Crippen LogP contribution >= 0.6 is 11.6 Å². The molecule has 4 fully saturated rings. The Balaban J connectivity index is 1.37. The smallest absolute Gasteiger partial charge is 0.240 e. The monoisotopic (exact) mass is 700 g/mol. The first kappa shape index (κ1) is 38.1. The van der Waals surface area contributed by atoms with Gasteiger partial charge in [-0.1, -0.05) is 76.6 Å². The zero-order valence-electron chi connectivity index (χ0n) is 30.6. The lowest BCUT2D eigenvalue weighted by molar-refractivity contribution is -0.183. The molecular weight excluding hydrogens is 643 g/mol. The second-order valence-electron chi connectivity index (χ2n) is 16.2. The van der Waals surface area contributed by atoms with Crippen LogP contribution < -0.4 is 5.32 Å². The van der Waals surface area contributed by atoms with Gasteiger partial charge in [0.2, 0.25) is 5.91 Å². The van der Waals surface area contributed by atoms with Crippen molar-refractivity contribution < 1.29 is 24.2 Å². The lowest BCUT2D eigenvalue weighted by atomic mass is 9.45. The third kappa shape index (κ3) is 8.19. The molecule has 10 heteroatoms. The van der Waals surface area contributed by atoms with E-state index in [1.54, 1.807) is 24.1 Å². The van der Waals surface area contributed by atoms with Gasteiger partial charge in [0.1, 0.15) is 18.0 Å². The van der Waals surface area contributed by atoms with E-state index >= 15 is 4.39 Å². The molecule has 6 rings (SSSR count). The largest absolute Gasteiger partial charge is 0.394 e. The number of nitrogens with zero attached hydrogens (tertiary/aromatic N) is 3. The molecule has 1 unspecified atom stereocenters. The van der Waals surface area contributed by atoms with Crippen molar-refractivity contribution >= 4 is 17.5 Å². The molecule has 1 aliphatic heterocycles. The van der Waals surface area contributed by atoms with Crippen LogP contribution in [0.3, 0.4) is 0 Å². The zero-order chi connectivity index (χ0) is 35.8. The van der Waals surface area contributed by atoms with Crippen molar-refractivity contribution in [1.82, 2.24) is 20.2 Å². The van der Waals surface area contributed by atoms with Gasteiger partial charge in [0, 0.05) is 48.2 Å². The van der Waals surface area contributed by atoms with Crippen LogP contribution in [0, 0.1) is 40.8 Å². The Morgan fingerprint density at radius 3 is 2.41 bits per heavy atom. The average Bonchev–Trinajstić information content (AvgIpc) is 3.40. The molecule has 1 heterocycles. The number of likely N-dealkylation sites (N-methyl/N-ethyl adjacent to an activating group) is 1. The van der Waals surface area contributed by atoms with E-state index in [-0.39, 0.29) is 30.4 Å². The first-order valence-electron chi connectivity index (χ1n) is 18.0. The molecule has 1 saturated heterocycles. The van der Waals surface area contributed by atoms with Crippen molar-refractivity contribution in [2.45, 2.75) is 104 Å². The molecule has 4 aliphatic rings. The quantitative estimate of drug-likeness (QED) is 0.232. The predicted molar refractivity (Wildman–Crippen MR) is 192 cm³/mol. The minimum absolute atomic E-state index is 0.0716. The summed E-state index contributed by atoms with van der Waals surface area (Å²) < 4.78 is 15.0. The van der Waals surface area contributed by atoms with E-state index in [1.807, 2.05) is 26.2 Å². The van der Waals surface area contributed by atoms with Crippen LogP contribution in [0.15, 0.2) is 42.5 Å². The minimum Gasteiger partial charge on any atom is -0.394 e. The normalized spacial score (nSPS) is 29.3. The molecule has 0 spiro atoms. The zero-order valence-corrected chi connectivity index (χ0v) is 31.3. The Bertz CT molecular complexity index is 1420. The van der Waals surface area contributed by atoms with Crippen molar-refractivity contribution in [1.29, 1.82) is 0 Å². The van der Waals surface area contributed by atoms with Crippen LogP contribution in [0.25, 0.3) is 0 Å². The number of fused-ring (bicyclic) bond motifs is 2. The van der Waals surface area contributed by atoms with Crippen molar-refractivity contribution in [3.05, 3.63) is 70.0 Å². The van der Waals surface area contributed by atoms with E-state index in [4.69, 9.17) is 16.4 Å². The first-order valence-corrected chi connectivity index (χ1v) is 18.4. The molecule has 49 heavy (non-hydrogen) atoms. The van der Waals surface area contributed by atoms with E-state index in [0.717, 1.165) is 24.1 Å². The second kappa shape index (κ2) is 15.6. The van der Waals surface area contributed by atoms with Gasteiger partial charge >= 0.3 is 0 Å². The fraction of sp³-hybridized carbons (Fsp3) is 0.667. The van der Waals surface area contributed by atoms with Gasteiger partial charge in [-0.05, 0) is 86.2 Å². The highest BCUT2D eigenvalue weighted by molar-refractivity contribution is 6.31. The molecule has 8 nitrogen and oxygen atoms in total. The van der Waals surface area contributed by atoms with E-state index in [2.05, 4.69) is 61.9 Å². The topological polar surface area (TPSA) is 88.5 Å². The van der Waals surface area contributed by atoms with Crippen LogP contribution in [0.2, 0.25) is 5.02 Å². The molecule has 9 atom stereocenters. The highest BCUT2D eigenvalue weighted by atomic mass is 35.5. The Morgan fingerprint density at radius 2 is 1.82 bits per heavy atom. The third-order valence-electron chi connectivity index (χ3n) is 12.0. The Hall–Kier alpha value is -2.11. The van der Waals surface area contributed by atoms with Gasteiger partial charge in [-0.25, -0.2) is 4.39 Å². The fourth-order valence-corrected chi connectivity index (χ4v) is 9.25. The lowest BCUT2D eigenvalue weighted by Gasteiger charge is -2.62. The van der Waals surface area contributed by atoms with Crippen molar-refractivity contribution in [2.24, 2.45) is 35.0 Å². The number of aliphatic hydroxyl groups excluding tert-OH is 2. The molecule has 3 saturated carbocycles. The van der Waals surface area contributed by atoms with E-state index < -0.39 is 24.2 Å². The number of aliphatic hydroxyl groups is 2. The number of benzene rings is 2. The van der Waals surface area contributed by atoms with Crippen LogP contribution in [-0.2, 0) is 29.3 Å². The molecule has 2 aromatic carbocycles. The summed E-state index contributed by atoms with van der Waals surface area (Å²) in [5.74, 6) is 0.766. The van der Waals surface area contributed by atoms with Gasteiger partial charge in [-0.15, -0.1) is 0 Å². The van der Waals surface area contributed by atoms with Gasteiger partial charge in [0.25, 0.3) is 0 Å². The Kier molecular flexibility index (Phi) is 12.2. The molecule has 0 aromatic heterocycles. The minimum atomic E-state index is -0.858. The number of amides is 1. The van der Waals surface area contributed by atoms with Gasteiger partial charge < -0.3 is 20.4 Å². The van der Waals surface area contributed by atoms with E-state index in [0.29, 0.717) is 59.3 Å². The fourth-order valence-electron chi connectivity index (χ4n) is 9.02. The molecular formula is C39H58ClFN4O4. The summed E-state index contributed by atoms with van der Waals surface area (Å²) in [6.07, 6.45) is 0.614. The number of hydrogen-bond donors (Lipinski definition) is 3. The summed E-state index contributed by atoms with van der Waals surface area (Å²) in [6, 6.07) is 12.4. The molecule has 2 aromatic rings. The lowest BCUT2D eigenvalue weighted by Crippen LogP contribution is -2.62. The van der Waals surface area contributed by atoms with Crippen molar-refractivity contribution in [3.8, 4) is 0 Å². The van der Waals surface area contributed by atoms with Crippen molar-refractivity contribution in [3.63, 3.8) is 0 Å². The molecule has 1 amide bonds. The predicted octanol–water partition coefficient (Wildman–Crippen LogP) is 5.73. The maximum atomic E-state index is 15.0. The summed E-state index contributed by atoms with van der Waals surface area (Å²) in [5.41, 5.74) is 2.76. The first-order chi connectivity index (χ1) is 23.1. The van der Waals surface area contributed by atoms with E-state index in [9.17, 15) is 15.0 Å². The maximum absolute atomic E-state index is 15.0. The summed E-state index contributed by atoms with van der Waals surface area (Å²) >= 11 is 6.51. The Labute approximate surface area is 297 Å². The SMILES string of the molecule is CC(C)[C@@H](CN(C)C)N(Cc1cccc(CN2O[C@@H](CO)[C@@H]([C@H](C)O)C2C(=O)N[C@H]2C[C@H]3C[C@@H]([C@@H]2C)C3(C)C)c1)Cc1c(F)cccc1Cl. The molecule has 3 aliphatic carbocycles. The molecule has 272 valence electrons. The standard InChI is InChI=1S/C39H58ClFN4O4/c1-23(2)34(21-43(7)8)44(20-29-31(40)13-10-14-32(29)41)18-26-11-9-12-27(15-26)19-45-37(36(25(4)47)35(22-46)49-45)38(48)42-33-17-28-16-30(24(33)3)39(28,5)6/h9-15,23-25,28,30,33-37,46-47H,16-22H2,1-8H3,(H,42,48)/t24-,25-,28+,30-,33-,34+,35-,36+,37?/m0/s1. The van der Waals surface area contributed by atoms with Gasteiger partial charge in [0.15, 0.2) is 0 Å².